The molecule has 2 N–H and O–H groups in total. The summed E-state index contributed by atoms with van der Waals surface area (Å²) in [5, 5.41) is 11.5. The molecule has 1 saturated heterocycles. The molecule has 1 aromatic heterocycles. The van der Waals surface area contributed by atoms with Gasteiger partial charge < -0.3 is 19.6 Å². The van der Waals surface area contributed by atoms with Crippen LogP contribution >= 0.6 is 0 Å². The molecule has 1 aliphatic rings. The predicted octanol–water partition coefficient (Wildman–Crippen LogP) is 5.91. The first-order valence-corrected chi connectivity index (χ1v) is 12.8. The number of ketones is 1. The second kappa shape index (κ2) is 9.94. The number of benzene rings is 3. The molecule has 3 aromatic carbocycles. The molecule has 0 spiro atoms. The van der Waals surface area contributed by atoms with Gasteiger partial charge in [0.25, 0.3) is 5.78 Å². The lowest BCUT2D eigenvalue weighted by atomic mass is 9.94. The van der Waals surface area contributed by atoms with Crippen molar-refractivity contribution in [2.45, 2.75) is 46.8 Å². The Morgan fingerprint density at radius 3 is 2.44 bits per heavy atom. The number of anilines is 1. The number of ether oxygens (including phenoxy) is 2. The van der Waals surface area contributed by atoms with E-state index in [1.807, 2.05) is 46.8 Å². The van der Waals surface area contributed by atoms with Gasteiger partial charge in [0.2, 0.25) is 5.95 Å². The summed E-state index contributed by atoms with van der Waals surface area (Å²) in [7, 11) is 1.55. The zero-order chi connectivity index (χ0) is 28.0. The molecule has 200 valence electrons. The highest BCUT2D eigenvalue weighted by Crippen LogP contribution is 2.43. The maximum Gasteiger partial charge on any atom is 0.302 e. The average Bonchev–Trinajstić information content (AvgIpc) is 3.42. The number of amides is 1. The van der Waals surface area contributed by atoms with Gasteiger partial charge >= 0.3 is 5.91 Å². The fourth-order valence-electron chi connectivity index (χ4n) is 4.89. The number of carbonyl (C=O) groups is 2. The van der Waals surface area contributed by atoms with Gasteiger partial charge in [-0.25, -0.2) is 4.98 Å². The maximum atomic E-state index is 13.6. The molecule has 4 aromatic rings. The van der Waals surface area contributed by atoms with E-state index in [-0.39, 0.29) is 23.4 Å². The Kier molecular flexibility index (Phi) is 6.64. The van der Waals surface area contributed by atoms with Crippen LogP contribution in [0.4, 0.5) is 5.95 Å². The van der Waals surface area contributed by atoms with E-state index < -0.39 is 17.7 Å². The van der Waals surface area contributed by atoms with Crippen LogP contribution in [0.25, 0.3) is 16.8 Å². The molecule has 1 unspecified atom stereocenters. The third-order valence-corrected chi connectivity index (χ3v) is 6.98. The molecule has 8 nitrogen and oxygen atoms in total. The van der Waals surface area contributed by atoms with Gasteiger partial charge in [0.05, 0.1) is 35.9 Å². The van der Waals surface area contributed by atoms with Gasteiger partial charge in [-0.2, -0.15) is 0 Å². The quantitative estimate of drug-likeness (QED) is 0.184. The standard InChI is InChI=1S/C31H31N3O5/c1-16(2)39-25-11-10-21(12-19(25)5)28(35)26-27(20-8-7-9-22(15-20)38-6)34(30(37)29(26)36)31-32-23-13-17(3)18(4)14-24(23)33-31/h7-16,27,35H,1-6H3,(H,32,33)/b28-26+. The minimum atomic E-state index is -0.935. The fraction of sp³-hybridized carbons (Fsp3) is 0.258. The van der Waals surface area contributed by atoms with E-state index in [1.54, 1.807) is 49.6 Å². The first-order chi connectivity index (χ1) is 18.6. The van der Waals surface area contributed by atoms with Crippen LogP contribution in [0.15, 0.2) is 60.2 Å². The second-order valence-corrected chi connectivity index (χ2v) is 10.1. The first-order valence-electron chi connectivity index (χ1n) is 12.8. The van der Waals surface area contributed by atoms with Gasteiger partial charge in [0.1, 0.15) is 17.3 Å². The molecule has 1 amide bonds. The number of methoxy groups -OCH3 is 1. The number of carbonyl (C=O) groups excluding carboxylic acids is 2. The number of fused-ring (bicyclic) bond motifs is 1. The summed E-state index contributed by atoms with van der Waals surface area (Å²) in [6.45, 7) is 9.72. The summed E-state index contributed by atoms with van der Waals surface area (Å²) in [6, 6.07) is 15.2. The van der Waals surface area contributed by atoms with Crippen molar-refractivity contribution in [2.24, 2.45) is 0 Å². The van der Waals surface area contributed by atoms with Gasteiger partial charge in [-0.15, -0.1) is 0 Å². The zero-order valence-electron chi connectivity index (χ0n) is 22.8. The van der Waals surface area contributed by atoms with Gasteiger partial charge in [-0.05, 0) is 99.3 Å². The minimum Gasteiger partial charge on any atom is -0.507 e. The molecule has 5 rings (SSSR count). The molecule has 2 heterocycles. The number of aromatic nitrogens is 2. The van der Waals surface area contributed by atoms with Gasteiger partial charge in [0.15, 0.2) is 0 Å². The monoisotopic (exact) mass is 525 g/mol. The smallest absolute Gasteiger partial charge is 0.302 e. The molecule has 0 aliphatic carbocycles. The number of Topliss-reactive ketones (excluding diaryl/α,β-unsaturated/α-hetero) is 1. The zero-order valence-corrected chi connectivity index (χ0v) is 22.8. The third-order valence-electron chi connectivity index (χ3n) is 6.98. The molecular formula is C31H31N3O5. The second-order valence-electron chi connectivity index (χ2n) is 10.1. The van der Waals surface area contributed by atoms with Crippen molar-refractivity contribution in [1.82, 2.24) is 9.97 Å². The summed E-state index contributed by atoms with van der Waals surface area (Å²) in [5.74, 6) is -0.396. The van der Waals surface area contributed by atoms with Gasteiger partial charge in [-0.3, -0.25) is 14.5 Å². The number of aliphatic hydroxyl groups is 1. The molecule has 0 radical (unpaired) electrons. The minimum absolute atomic E-state index is 0.0158. The van der Waals surface area contributed by atoms with E-state index >= 15 is 0 Å². The first kappa shape index (κ1) is 26.0. The van der Waals surface area contributed by atoms with E-state index in [1.165, 1.54) is 4.90 Å². The maximum absolute atomic E-state index is 13.6. The van der Waals surface area contributed by atoms with E-state index in [0.29, 0.717) is 28.1 Å². The van der Waals surface area contributed by atoms with Crippen molar-refractivity contribution >= 4 is 34.4 Å². The third kappa shape index (κ3) is 4.63. The summed E-state index contributed by atoms with van der Waals surface area (Å²) in [4.78, 5) is 36.3. The fourth-order valence-corrected chi connectivity index (χ4v) is 4.89. The van der Waals surface area contributed by atoms with Crippen LogP contribution in [-0.4, -0.2) is 40.0 Å². The Morgan fingerprint density at radius 2 is 1.74 bits per heavy atom. The van der Waals surface area contributed by atoms with Crippen LogP contribution in [0, 0.1) is 20.8 Å². The highest BCUT2D eigenvalue weighted by Gasteiger charge is 2.48. The van der Waals surface area contributed by atoms with Crippen molar-refractivity contribution in [3.05, 3.63) is 88.0 Å². The molecule has 1 fully saturated rings. The summed E-state index contributed by atoms with van der Waals surface area (Å²) in [6.07, 6.45) is -0.0158. The Labute approximate surface area is 226 Å². The van der Waals surface area contributed by atoms with Crippen molar-refractivity contribution in [2.75, 3.05) is 12.0 Å². The van der Waals surface area contributed by atoms with Crippen molar-refractivity contribution in [3.63, 3.8) is 0 Å². The molecule has 39 heavy (non-hydrogen) atoms. The van der Waals surface area contributed by atoms with Crippen LogP contribution in [-0.2, 0) is 9.59 Å². The summed E-state index contributed by atoms with van der Waals surface area (Å²) >= 11 is 0. The van der Waals surface area contributed by atoms with E-state index in [0.717, 1.165) is 22.2 Å². The number of rotatable bonds is 6. The molecule has 0 bridgehead atoms. The lowest BCUT2D eigenvalue weighted by Gasteiger charge is -2.23. The average molecular weight is 526 g/mol. The van der Waals surface area contributed by atoms with Crippen LogP contribution in [0.5, 0.6) is 11.5 Å². The summed E-state index contributed by atoms with van der Waals surface area (Å²) < 4.78 is 11.2. The largest absolute Gasteiger partial charge is 0.507 e. The van der Waals surface area contributed by atoms with E-state index in [9.17, 15) is 14.7 Å². The summed E-state index contributed by atoms with van der Waals surface area (Å²) in [5.41, 5.74) is 5.33. The number of aromatic amines is 1. The topological polar surface area (TPSA) is 105 Å². The molecule has 8 heteroatoms. The Balaban J connectivity index is 1.70. The number of H-pyrrole nitrogens is 1. The normalized spacial score (nSPS) is 16.9. The number of hydrogen-bond acceptors (Lipinski definition) is 6. The van der Waals surface area contributed by atoms with E-state index in [4.69, 9.17) is 9.47 Å². The van der Waals surface area contributed by atoms with Crippen LogP contribution < -0.4 is 14.4 Å². The number of aliphatic hydroxyl groups excluding tert-OH is 1. The lowest BCUT2D eigenvalue weighted by molar-refractivity contribution is -0.132. The van der Waals surface area contributed by atoms with Gasteiger partial charge in [-0.1, -0.05) is 12.1 Å². The van der Waals surface area contributed by atoms with E-state index in [2.05, 4.69) is 9.97 Å². The Morgan fingerprint density at radius 1 is 1.00 bits per heavy atom. The molecule has 1 atom stereocenters. The molecule has 1 aliphatic heterocycles. The molecular weight excluding hydrogens is 494 g/mol. The highest BCUT2D eigenvalue weighted by atomic mass is 16.5. The Hall–Kier alpha value is -4.59. The van der Waals surface area contributed by atoms with Crippen molar-refractivity contribution in [3.8, 4) is 11.5 Å². The molecule has 0 saturated carbocycles. The Bertz CT molecular complexity index is 1610. The number of nitrogens with one attached hydrogen (secondary N) is 1. The van der Waals surface area contributed by atoms with Crippen LogP contribution in [0.3, 0.4) is 0 Å². The van der Waals surface area contributed by atoms with Crippen molar-refractivity contribution < 1.29 is 24.2 Å². The SMILES string of the molecule is COc1cccc(C2/C(=C(\O)c3ccc(OC(C)C)c(C)c3)C(=O)C(=O)N2c2nc3cc(C)c(C)cc3[nH]2)c1. The van der Waals surface area contributed by atoms with Gasteiger partial charge in [0, 0.05) is 5.56 Å². The number of imidazole rings is 1. The van der Waals surface area contributed by atoms with Crippen molar-refractivity contribution in [1.29, 1.82) is 0 Å². The number of hydrogen-bond donors (Lipinski definition) is 2. The predicted molar refractivity (Wildman–Crippen MR) is 150 cm³/mol. The number of aryl methyl sites for hydroxylation is 3. The number of nitrogens with zero attached hydrogens (tertiary/aromatic N) is 2. The van der Waals surface area contributed by atoms with Crippen LogP contribution in [0.1, 0.15) is 47.7 Å². The lowest BCUT2D eigenvalue weighted by Crippen LogP contribution is -2.30. The highest BCUT2D eigenvalue weighted by molar-refractivity contribution is 6.51. The van der Waals surface area contributed by atoms with Crippen LogP contribution in [0.2, 0.25) is 0 Å².